The predicted molar refractivity (Wildman–Crippen MR) is 192 cm³/mol. The highest BCUT2D eigenvalue weighted by Gasteiger charge is 2.08. The van der Waals surface area contributed by atoms with E-state index >= 15 is 0 Å². The molecule has 0 aliphatic heterocycles. The number of anilines is 2. The number of aldehydes is 1. The van der Waals surface area contributed by atoms with E-state index in [4.69, 9.17) is 15.5 Å². The lowest BCUT2D eigenvalue weighted by Gasteiger charge is -2.11. The Labute approximate surface area is 339 Å². The second-order valence-electron chi connectivity index (χ2n) is 11.2. The summed E-state index contributed by atoms with van der Waals surface area (Å²) in [6.07, 6.45) is 10.4. The van der Waals surface area contributed by atoms with E-state index < -0.39 is 11.9 Å². The molecule has 2 aromatic heterocycles. The van der Waals surface area contributed by atoms with Crippen LogP contribution in [0, 0.1) is 22.7 Å². The zero-order valence-corrected chi connectivity index (χ0v) is 33.9. The van der Waals surface area contributed by atoms with Crippen molar-refractivity contribution in [3.63, 3.8) is 0 Å². The molecule has 0 spiro atoms. The Morgan fingerprint density at radius 2 is 1.10 bits per heavy atom. The summed E-state index contributed by atoms with van der Waals surface area (Å²) in [6.45, 7) is 0.870. The van der Waals surface area contributed by atoms with E-state index in [1.165, 1.54) is 0 Å². The Morgan fingerprint density at radius 1 is 0.692 bits per heavy atom. The first-order valence-corrected chi connectivity index (χ1v) is 15.4. The fraction of sp³-hybridized carbons (Fsp3) is 0.237. The fourth-order valence-corrected chi connectivity index (χ4v) is 4.15. The normalized spacial score (nSPS) is 9.54. The number of carboxylic acids is 2. The van der Waals surface area contributed by atoms with Gasteiger partial charge in [0.1, 0.15) is 19.1 Å². The number of benzene rings is 2. The van der Waals surface area contributed by atoms with Gasteiger partial charge in [0.2, 0.25) is 0 Å². The Bertz CT molecular complexity index is 1770. The molecule has 0 unspecified atom stereocenters. The van der Waals surface area contributed by atoms with Gasteiger partial charge < -0.3 is 73.4 Å². The molecule has 0 bridgehead atoms. The lowest BCUT2D eigenvalue weighted by Crippen LogP contribution is -3.00. The van der Waals surface area contributed by atoms with E-state index in [0.29, 0.717) is 25.1 Å². The summed E-state index contributed by atoms with van der Waals surface area (Å²) < 4.78 is 3.58. The zero-order chi connectivity index (χ0) is 36.2. The van der Waals surface area contributed by atoms with Crippen LogP contribution < -0.4 is 66.9 Å². The molecular weight excluding hydrogens is 890 g/mol. The minimum absolute atomic E-state index is 0. The predicted octanol–water partition coefficient (Wildman–Crippen LogP) is -2.25. The van der Waals surface area contributed by atoms with Gasteiger partial charge in [-0.25, -0.2) is 9.13 Å². The summed E-state index contributed by atoms with van der Waals surface area (Å²) in [5, 5.41) is 35.0. The maximum absolute atomic E-state index is 10.6. The third kappa shape index (κ3) is 18.9. The summed E-state index contributed by atoms with van der Waals surface area (Å²) in [5.74, 6) is -1.64. The molecule has 0 aliphatic carbocycles. The molecule has 5 N–H and O–H groups in total. The highest BCUT2D eigenvalue weighted by atomic mass is 127. The Hall–Kier alpha value is -4.91. The first kappa shape index (κ1) is 49.2. The standard InChI is InChI=1S/C19H19N3O2.C10H10N2O2.C9H11NO.2HI.H2O/c1-21(2)18-5-3-15(4-6-18)13-17(14-20)16-7-10-22(11-8-16)12-9-19(23)24;11-5-1-9-2-6-12(7-3-9)8-4-10(13)14;1-10(2)9-5-3-8(7-11)4-6-9;;;/h3-8,10-11,13H,9,12H2,1-2H3;2-3,6-7H,1,4,8H2;3-7H,1-2H3;2*1H;1H2/p+1. The molecular formula is C38H45I2N6O6+. The van der Waals surface area contributed by atoms with E-state index in [1.54, 1.807) is 33.9 Å². The Morgan fingerprint density at radius 3 is 1.44 bits per heavy atom. The third-order valence-electron chi connectivity index (χ3n) is 7.00. The van der Waals surface area contributed by atoms with Gasteiger partial charge in [0, 0.05) is 75.0 Å². The number of nitriles is 2. The van der Waals surface area contributed by atoms with E-state index in [9.17, 15) is 19.6 Å². The van der Waals surface area contributed by atoms with Crippen LogP contribution in [0.4, 0.5) is 11.4 Å². The number of pyridine rings is 2. The van der Waals surface area contributed by atoms with Gasteiger partial charge >= 0.3 is 11.9 Å². The third-order valence-corrected chi connectivity index (χ3v) is 7.00. The van der Waals surface area contributed by atoms with Crippen LogP contribution in [-0.4, -0.2) is 56.6 Å². The zero-order valence-electron chi connectivity index (χ0n) is 29.6. The van der Waals surface area contributed by atoms with Crippen LogP contribution in [-0.2, 0) is 34.6 Å². The van der Waals surface area contributed by atoms with Crippen molar-refractivity contribution in [2.45, 2.75) is 32.4 Å². The number of allylic oxidation sites excluding steroid dienone is 1. The first-order chi connectivity index (χ1) is 23.4. The van der Waals surface area contributed by atoms with Crippen LogP contribution >= 0.6 is 0 Å². The largest absolute Gasteiger partial charge is 1.00 e. The molecule has 14 heteroatoms. The van der Waals surface area contributed by atoms with Crippen molar-refractivity contribution >= 4 is 41.2 Å². The average molecular weight is 936 g/mol. The van der Waals surface area contributed by atoms with E-state index in [2.05, 4.69) is 12.1 Å². The number of rotatable bonds is 12. The molecule has 52 heavy (non-hydrogen) atoms. The molecule has 4 rings (SSSR count). The molecule has 0 saturated heterocycles. The SMILES string of the molecule is CN(C)c1ccc(C=C(C#N)c2cc[n+](CCC(=O)O)cc2)cc1.CN(C)c1ccc(C=O)cc1.N#CCc1cc[n+](CCC(=O)O)cc1.[I-].[I-].[OH3+]. The number of carbonyl (C=O) groups excluding carboxylic acids is 1. The molecule has 0 amide bonds. The second kappa shape index (κ2) is 26.8. The van der Waals surface area contributed by atoms with Crippen LogP contribution in [0.5, 0.6) is 0 Å². The summed E-state index contributed by atoms with van der Waals surface area (Å²) in [7, 11) is 7.90. The van der Waals surface area contributed by atoms with E-state index in [-0.39, 0.29) is 66.3 Å². The van der Waals surface area contributed by atoms with Crippen molar-refractivity contribution in [1.82, 2.24) is 0 Å². The average Bonchev–Trinajstić information content (AvgIpc) is 3.10. The number of aliphatic carboxylic acids is 2. The summed E-state index contributed by atoms with van der Waals surface area (Å²) >= 11 is 0. The number of aromatic nitrogens is 2. The maximum atomic E-state index is 10.6. The lowest BCUT2D eigenvalue weighted by molar-refractivity contribution is -0.696. The van der Waals surface area contributed by atoms with Crippen LogP contribution in [0.15, 0.2) is 97.6 Å². The number of nitrogens with zero attached hydrogens (tertiary/aromatic N) is 6. The van der Waals surface area contributed by atoms with Crippen molar-refractivity contribution in [1.29, 1.82) is 10.5 Å². The van der Waals surface area contributed by atoms with Gasteiger partial charge in [-0.1, -0.05) is 12.1 Å². The first-order valence-electron chi connectivity index (χ1n) is 15.4. The molecule has 0 radical (unpaired) electrons. The topological polar surface area (TPSA) is 186 Å². The van der Waals surface area contributed by atoms with Gasteiger partial charge in [-0.3, -0.25) is 14.4 Å². The number of halogens is 2. The molecule has 276 valence electrons. The number of aryl methyl sites for hydroxylation is 2. The van der Waals surface area contributed by atoms with Crippen LogP contribution in [0.25, 0.3) is 11.6 Å². The second-order valence-corrected chi connectivity index (χ2v) is 11.2. The van der Waals surface area contributed by atoms with Crippen LogP contribution in [0.3, 0.4) is 0 Å². The Kier molecular flexibility index (Phi) is 25.4. The molecule has 0 aliphatic rings. The van der Waals surface area contributed by atoms with Crippen molar-refractivity contribution < 1.29 is 87.2 Å². The minimum Gasteiger partial charge on any atom is -1.00 e. The van der Waals surface area contributed by atoms with Crippen LogP contribution in [0.1, 0.15) is 39.9 Å². The summed E-state index contributed by atoms with van der Waals surface area (Å²) in [4.78, 5) is 35.2. The number of carbonyl (C=O) groups is 3. The fourth-order valence-electron chi connectivity index (χ4n) is 4.15. The summed E-state index contributed by atoms with van der Waals surface area (Å²) in [5.41, 5.74) is 6.20. The van der Waals surface area contributed by atoms with Crippen molar-refractivity contribution in [3.05, 3.63) is 120 Å². The number of hydrogen-bond acceptors (Lipinski definition) is 7. The number of hydrogen-bond donors (Lipinski definition) is 2. The van der Waals surface area contributed by atoms with Gasteiger partial charge in [-0.15, -0.1) is 0 Å². The number of carboxylic acid groups (broad SMARTS) is 2. The molecule has 0 fully saturated rings. The van der Waals surface area contributed by atoms with E-state index in [1.807, 2.05) is 117 Å². The molecule has 4 aromatic rings. The molecule has 2 heterocycles. The van der Waals surface area contributed by atoms with Crippen molar-refractivity contribution in [2.75, 3.05) is 38.0 Å². The highest BCUT2D eigenvalue weighted by molar-refractivity contribution is 5.89. The van der Waals surface area contributed by atoms with Crippen molar-refractivity contribution in [3.8, 4) is 12.1 Å². The lowest BCUT2D eigenvalue weighted by atomic mass is 10.0. The molecule has 12 nitrogen and oxygen atoms in total. The monoisotopic (exact) mass is 935 g/mol. The van der Waals surface area contributed by atoms with Gasteiger partial charge in [0.25, 0.3) is 0 Å². The van der Waals surface area contributed by atoms with Gasteiger partial charge in [-0.05, 0) is 53.6 Å². The quantitative estimate of drug-likeness (QED) is 0.0521. The van der Waals surface area contributed by atoms with E-state index in [0.717, 1.165) is 39.9 Å². The maximum Gasteiger partial charge on any atom is 0.309 e. The van der Waals surface area contributed by atoms with Gasteiger partial charge in [0.05, 0.1) is 24.1 Å². The Balaban J connectivity index is 0. The van der Waals surface area contributed by atoms with Crippen LogP contribution in [0.2, 0.25) is 0 Å². The molecule has 2 aromatic carbocycles. The molecule has 0 saturated carbocycles. The molecule has 0 atom stereocenters. The highest BCUT2D eigenvalue weighted by Crippen LogP contribution is 2.19. The minimum atomic E-state index is -0.828. The smallest absolute Gasteiger partial charge is 0.309 e. The van der Waals surface area contributed by atoms with Gasteiger partial charge in [0.15, 0.2) is 37.9 Å². The van der Waals surface area contributed by atoms with Crippen molar-refractivity contribution in [2.24, 2.45) is 0 Å². The van der Waals surface area contributed by atoms with Gasteiger partial charge in [-0.2, -0.15) is 10.5 Å². The summed E-state index contributed by atoms with van der Waals surface area (Å²) in [6, 6.07) is 27.0.